The van der Waals surface area contributed by atoms with Gasteiger partial charge in [-0.15, -0.1) is 0 Å². The first-order valence-electron chi connectivity index (χ1n) is 10.8. The van der Waals surface area contributed by atoms with Gasteiger partial charge in [-0.1, -0.05) is 30.3 Å². The lowest BCUT2D eigenvalue weighted by molar-refractivity contribution is -0.126. The van der Waals surface area contributed by atoms with Gasteiger partial charge in [0.25, 0.3) is 11.8 Å². The molecule has 1 aromatic heterocycles. The van der Waals surface area contributed by atoms with Crippen molar-refractivity contribution >= 4 is 39.0 Å². The molecule has 1 fully saturated rings. The van der Waals surface area contributed by atoms with E-state index in [1.165, 1.54) is 50.6 Å². The summed E-state index contributed by atoms with van der Waals surface area (Å²) in [6.45, 7) is 1.09. The molecule has 1 aliphatic heterocycles. The number of nitrogens with one attached hydrogen (secondary N) is 1. The number of nitrogens with zero attached hydrogens (tertiary/aromatic N) is 3. The van der Waals surface area contributed by atoms with Crippen molar-refractivity contribution < 1.29 is 22.4 Å². The summed E-state index contributed by atoms with van der Waals surface area (Å²) in [5, 5.41) is 3.14. The molecule has 1 aliphatic rings. The van der Waals surface area contributed by atoms with Crippen LogP contribution < -0.4 is 5.32 Å². The fourth-order valence-corrected chi connectivity index (χ4v) is 4.90. The summed E-state index contributed by atoms with van der Waals surface area (Å²) in [4.78, 5) is 27.7. The van der Waals surface area contributed by atoms with Crippen LogP contribution >= 0.6 is 0 Å². The van der Waals surface area contributed by atoms with Crippen LogP contribution in [-0.4, -0.2) is 60.6 Å². The zero-order chi connectivity index (χ0) is 24.5. The van der Waals surface area contributed by atoms with E-state index in [9.17, 15) is 22.4 Å². The molecule has 2 heterocycles. The van der Waals surface area contributed by atoms with E-state index in [0.29, 0.717) is 29.6 Å². The average Bonchev–Trinajstić information content (AvgIpc) is 3.47. The lowest BCUT2D eigenvalue weighted by Gasteiger charge is -2.18. The quantitative estimate of drug-likeness (QED) is 0.545. The van der Waals surface area contributed by atoms with Gasteiger partial charge in [0, 0.05) is 44.3 Å². The lowest BCUT2D eigenvalue weighted by atomic mass is 10.1. The van der Waals surface area contributed by atoms with Crippen molar-refractivity contribution in [1.29, 1.82) is 0 Å². The van der Waals surface area contributed by atoms with Gasteiger partial charge in [-0.3, -0.25) is 9.59 Å². The van der Waals surface area contributed by atoms with Gasteiger partial charge >= 0.3 is 10.2 Å². The number of hydrogen-bond donors (Lipinski definition) is 1. The van der Waals surface area contributed by atoms with Gasteiger partial charge in [0.05, 0.1) is 11.1 Å². The van der Waals surface area contributed by atoms with Gasteiger partial charge in [-0.25, -0.2) is 8.36 Å². The largest absolute Gasteiger partial charge is 0.337 e. The smallest absolute Gasteiger partial charge is 0.307 e. The third-order valence-electron chi connectivity index (χ3n) is 5.71. The third kappa shape index (κ3) is 4.46. The van der Waals surface area contributed by atoms with E-state index < -0.39 is 27.8 Å². The summed E-state index contributed by atoms with van der Waals surface area (Å²) in [5.41, 5.74) is 0.605. The van der Waals surface area contributed by atoms with Crippen molar-refractivity contribution in [2.75, 3.05) is 27.2 Å². The maximum Gasteiger partial charge on any atom is 0.307 e. The van der Waals surface area contributed by atoms with Crippen LogP contribution in [0.4, 0.5) is 4.39 Å². The molecule has 2 aromatic carbocycles. The van der Waals surface area contributed by atoms with Crippen LogP contribution in [0.15, 0.2) is 60.4 Å². The Labute approximate surface area is 197 Å². The molecule has 2 amide bonds. The zero-order valence-corrected chi connectivity index (χ0v) is 19.7. The summed E-state index contributed by atoms with van der Waals surface area (Å²) in [5.74, 6) is -1.88. The number of hydrogen-bond acceptors (Lipinski definition) is 4. The predicted octanol–water partition coefficient (Wildman–Crippen LogP) is 2.83. The Balaban J connectivity index is 1.83. The molecular formula is C24H25FN4O4S. The zero-order valence-electron chi connectivity index (χ0n) is 18.9. The normalized spacial score (nSPS) is 14.7. The van der Waals surface area contributed by atoms with E-state index in [4.69, 9.17) is 0 Å². The molecule has 0 radical (unpaired) electrons. The lowest BCUT2D eigenvalue weighted by Crippen LogP contribution is -2.37. The number of carbonyl (C=O) groups excluding carboxylic acids is 2. The summed E-state index contributed by atoms with van der Waals surface area (Å²) in [6, 6.07) is 12.4. The van der Waals surface area contributed by atoms with E-state index in [2.05, 4.69) is 5.32 Å². The minimum Gasteiger partial charge on any atom is -0.337 e. The first-order chi connectivity index (χ1) is 16.2. The highest BCUT2D eigenvalue weighted by Crippen LogP contribution is 2.26. The molecule has 0 atom stereocenters. The molecule has 0 saturated carbocycles. The van der Waals surface area contributed by atoms with E-state index in [1.54, 1.807) is 29.2 Å². The molecule has 0 spiro atoms. The van der Waals surface area contributed by atoms with Crippen LogP contribution in [-0.2, 0) is 15.0 Å². The Kier molecular flexibility index (Phi) is 6.54. The number of likely N-dealkylation sites (tertiary alicyclic amines) is 1. The molecule has 0 bridgehead atoms. The summed E-state index contributed by atoms with van der Waals surface area (Å²) in [6.07, 6.45) is 4.55. The number of fused-ring (bicyclic) bond motifs is 1. The topological polar surface area (TPSA) is 91.7 Å². The van der Waals surface area contributed by atoms with Gasteiger partial charge in [-0.05, 0) is 37.1 Å². The summed E-state index contributed by atoms with van der Waals surface area (Å²) < 4.78 is 42.1. The molecule has 10 heteroatoms. The molecule has 0 unspecified atom stereocenters. The van der Waals surface area contributed by atoms with Crippen molar-refractivity contribution in [2.45, 2.75) is 12.8 Å². The van der Waals surface area contributed by atoms with Crippen LogP contribution in [0.2, 0.25) is 0 Å². The van der Waals surface area contributed by atoms with Gasteiger partial charge < -0.3 is 10.2 Å². The second-order valence-electron chi connectivity index (χ2n) is 8.18. The molecule has 178 valence electrons. The number of amides is 2. The Morgan fingerprint density at radius 1 is 1.03 bits per heavy atom. The van der Waals surface area contributed by atoms with E-state index in [-0.39, 0.29) is 11.3 Å². The second-order valence-corrected chi connectivity index (χ2v) is 10.2. The van der Waals surface area contributed by atoms with Crippen LogP contribution in [0.1, 0.15) is 28.8 Å². The Bertz CT molecular complexity index is 1390. The standard InChI is InChI=1S/C24H25FN4O4S/c1-27(2)34(32,33)29-16-17(18-9-4-6-12-22(18)29)15-21(24(31)28-13-7-8-14-28)26-23(30)19-10-3-5-11-20(19)25/h3-6,9-12,15-16H,7-8,13-14H2,1-2H3,(H,26,30). The first kappa shape index (κ1) is 23.7. The number of carbonyl (C=O) groups is 2. The summed E-state index contributed by atoms with van der Waals surface area (Å²) in [7, 11) is -0.983. The number of halogens is 1. The van der Waals surface area contributed by atoms with Gasteiger partial charge in [-0.2, -0.15) is 12.7 Å². The van der Waals surface area contributed by atoms with Crippen LogP contribution in [0.5, 0.6) is 0 Å². The van der Waals surface area contributed by atoms with E-state index in [1.807, 2.05) is 0 Å². The number of para-hydroxylation sites is 1. The molecule has 1 N–H and O–H groups in total. The van der Waals surface area contributed by atoms with Crippen LogP contribution in [0.3, 0.4) is 0 Å². The first-order valence-corrected chi connectivity index (χ1v) is 12.2. The van der Waals surface area contributed by atoms with Crippen molar-refractivity contribution in [3.05, 3.63) is 77.4 Å². The molecule has 34 heavy (non-hydrogen) atoms. The minimum atomic E-state index is -3.84. The van der Waals surface area contributed by atoms with Crippen LogP contribution in [0, 0.1) is 5.82 Å². The molecule has 4 rings (SSSR count). The van der Waals surface area contributed by atoms with Gasteiger partial charge in [0.2, 0.25) is 0 Å². The highest BCUT2D eigenvalue weighted by molar-refractivity contribution is 7.87. The highest BCUT2D eigenvalue weighted by Gasteiger charge is 2.26. The minimum absolute atomic E-state index is 0.0553. The fraction of sp³-hybridized carbons (Fsp3) is 0.250. The SMILES string of the molecule is CN(C)S(=O)(=O)n1cc(C=C(NC(=O)c2ccccc2F)C(=O)N2CCCC2)c2ccccc21. The Hall–Kier alpha value is -3.50. The molecule has 3 aromatic rings. The Morgan fingerprint density at radius 2 is 1.68 bits per heavy atom. The number of aromatic nitrogens is 1. The van der Waals surface area contributed by atoms with Gasteiger partial charge in [0.1, 0.15) is 11.5 Å². The average molecular weight is 485 g/mol. The molecule has 8 nitrogen and oxygen atoms in total. The maximum atomic E-state index is 14.2. The second kappa shape index (κ2) is 9.40. The van der Waals surface area contributed by atoms with E-state index in [0.717, 1.165) is 21.1 Å². The predicted molar refractivity (Wildman–Crippen MR) is 128 cm³/mol. The van der Waals surface area contributed by atoms with Crippen molar-refractivity contribution in [3.8, 4) is 0 Å². The van der Waals surface area contributed by atoms with Crippen molar-refractivity contribution in [2.24, 2.45) is 0 Å². The Morgan fingerprint density at radius 3 is 2.35 bits per heavy atom. The summed E-state index contributed by atoms with van der Waals surface area (Å²) >= 11 is 0. The van der Waals surface area contributed by atoms with Crippen molar-refractivity contribution in [3.63, 3.8) is 0 Å². The highest BCUT2D eigenvalue weighted by atomic mass is 32.2. The maximum absolute atomic E-state index is 14.2. The number of rotatable bonds is 6. The van der Waals surface area contributed by atoms with Crippen molar-refractivity contribution in [1.82, 2.24) is 18.5 Å². The monoisotopic (exact) mass is 484 g/mol. The molecule has 1 saturated heterocycles. The number of benzene rings is 2. The van der Waals surface area contributed by atoms with E-state index >= 15 is 0 Å². The van der Waals surface area contributed by atoms with Gasteiger partial charge in [0.15, 0.2) is 0 Å². The fourth-order valence-electron chi connectivity index (χ4n) is 3.89. The van der Waals surface area contributed by atoms with Crippen LogP contribution in [0.25, 0.3) is 17.0 Å². The third-order valence-corrected chi connectivity index (χ3v) is 7.43. The molecule has 0 aliphatic carbocycles. The molecular weight excluding hydrogens is 459 g/mol.